The van der Waals surface area contributed by atoms with E-state index in [0.717, 1.165) is 14.7 Å². The van der Waals surface area contributed by atoms with E-state index in [2.05, 4.69) is 49.4 Å². The molecule has 0 aliphatic carbocycles. The quantitative estimate of drug-likeness (QED) is 0.845. The predicted octanol–water partition coefficient (Wildman–Crippen LogP) is 4.58. The average molecular weight is 367 g/mol. The van der Waals surface area contributed by atoms with Crippen molar-refractivity contribution in [3.05, 3.63) is 41.6 Å². The van der Waals surface area contributed by atoms with Crippen LogP contribution in [0.25, 0.3) is 0 Å². The van der Waals surface area contributed by atoms with Crippen LogP contribution in [0.2, 0.25) is 0 Å². The molecule has 0 amide bonds. The summed E-state index contributed by atoms with van der Waals surface area (Å²) in [4.78, 5) is 2.55. The molecule has 5 heteroatoms. The number of rotatable bonds is 3. The molecule has 1 nitrogen and oxygen atoms in total. The molecule has 2 aromatic rings. The van der Waals surface area contributed by atoms with Gasteiger partial charge in [0.1, 0.15) is 0 Å². The average Bonchev–Trinajstić information content (AvgIpc) is 2.75. The Morgan fingerprint density at radius 2 is 2.13 bits per heavy atom. The van der Waals surface area contributed by atoms with Gasteiger partial charge in [-0.05, 0) is 50.1 Å². The van der Waals surface area contributed by atoms with Gasteiger partial charge in [-0.3, -0.25) is 0 Å². The van der Waals surface area contributed by atoms with Crippen LogP contribution in [0.3, 0.4) is 0 Å². The summed E-state index contributed by atoms with van der Waals surface area (Å²) < 4.78 is 2.28. The maximum atomic E-state index is 6.13. The van der Waals surface area contributed by atoms with Gasteiger partial charge in [0.15, 0.2) is 0 Å². The Labute approximate surface area is 114 Å². The first-order chi connectivity index (χ1) is 7.15. The molecule has 0 saturated heterocycles. The lowest BCUT2D eigenvalue weighted by Crippen LogP contribution is -2.10. The monoisotopic (exact) mass is 365 g/mol. The minimum absolute atomic E-state index is 0.104. The first-order valence-corrected chi connectivity index (χ1v) is 7.67. The summed E-state index contributed by atoms with van der Waals surface area (Å²) in [5.41, 5.74) is 6.13. The largest absolute Gasteiger partial charge is 0.323 e. The lowest BCUT2D eigenvalue weighted by Gasteiger charge is -2.06. The molecule has 2 aromatic heterocycles. The Kier molecular flexibility index (Phi) is 4.01. The highest BCUT2D eigenvalue weighted by Gasteiger charge is 2.10. The topological polar surface area (TPSA) is 26.0 Å². The van der Waals surface area contributed by atoms with E-state index in [-0.39, 0.29) is 6.04 Å². The molecule has 0 bridgehead atoms. The fourth-order valence-corrected chi connectivity index (χ4v) is 4.24. The maximum absolute atomic E-state index is 6.13. The highest BCUT2D eigenvalue weighted by molar-refractivity contribution is 9.11. The fourth-order valence-electron chi connectivity index (χ4n) is 1.31. The van der Waals surface area contributed by atoms with Gasteiger partial charge in [0.2, 0.25) is 0 Å². The van der Waals surface area contributed by atoms with Crippen molar-refractivity contribution in [2.45, 2.75) is 12.5 Å². The van der Waals surface area contributed by atoms with Gasteiger partial charge in [0, 0.05) is 32.1 Å². The Morgan fingerprint density at radius 1 is 1.33 bits per heavy atom. The molecule has 0 saturated carbocycles. The molecule has 0 aliphatic heterocycles. The number of hydrogen-bond acceptors (Lipinski definition) is 3. The van der Waals surface area contributed by atoms with Crippen LogP contribution in [0.1, 0.15) is 15.8 Å². The van der Waals surface area contributed by atoms with Gasteiger partial charge in [-0.2, -0.15) is 0 Å². The molecule has 2 rings (SSSR count). The zero-order chi connectivity index (χ0) is 10.8. The van der Waals surface area contributed by atoms with Gasteiger partial charge in [0.05, 0.1) is 3.79 Å². The number of thiophene rings is 2. The molecule has 1 atom stereocenters. The van der Waals surface area contributed by atoms with Gasteiger partial charge in [-0.1, -0.05) is 0 Å². The van der Waals surface area contributed by atoms with E-state index < -0.39 is 0 Å². The van der Waals surface area contributed by atoms with Crippen molar-refractivity contribution >= 4 is 54.5 Å². The third kappa shape index (κ3) is 3.14. The lowest BCUT2D eigenvalue weighted by molar-refractivity contribution is 0.745. The Balaban J connectivity index is 2.06. The minimum atomic E-state index is 0.104. The van der Waals surface area contributed by atoms with Crippen molar-refractivity contribution in [2.24, 2.45) is 5.73 Å². The zero-order valence-corrected chi connectivity index (χ0v) is 12.5. The van der Waals surface area contributed by atoms with Crippen molar-refractivity contribution in [1.29, 1.82) is 0 Å². The number of nitrogens with two attached hydrogens (primary N) is 1. The van der Waals surface area contributed by atoms with E-state index in [1.54, 1.807) is 22.7 Å². The molecular weight excluding hydrogens is 358 g/mol. The third-order valence-corrected chi connectivity index (χ3v) is 5.48. The highest BCUT2D eigenvalue weighted by atomic mass is 79.9. The minimum Gasteiger partial charge on any atom is -0.323 e. The summed E-state index contributed by atoms with van der Waals surface area (Å²) in [6, 6.07) is 6.37. The van der Waals surface area contributed by atoms with Crippen molar-refractivity contribution in [3.63, 3.8) is 0 Å². The molecule has 0 fully saturated rings. The zero-order valence-electron chi connectivity index (χ0n) is 7.74. The molecule has 1 unspecified atom stereocenters. The van der Waals surface area contributed by atoms with E-state index >= 15 is 0 Å². The second kappa shape index (κ2) is 5.10. The second-order valence-corrected chi connectivity index (χ2v) is 7.59. The maximum Gasteiger partial charge on any atom is 0.0701 e. The molecule has 2 N–H and O–H groups in total. The normalized spacial score (nSPS) is 13.0. The van der Waals surface area contributed by atoms with Crippen molar-refractivity contribution < 1.29 is 0 Å². The van der Waals surface area contributed by atoms with Crippen molar-refractivity contribution in [1.82, 2.24) is 0 Å². The summed E-state index contributed by atoms with van der Waals surface area (Å²) in [5, 5.41) is 2.09. The van der Waals surface area contributed by atoms with Crippen LogP contribution in [0.4, 0.5) is 0 Å². The van der Waals surface area contributed by atoms with Crippen LogP contribution in [0.15, 0.2) is 31.8 Å². The second-order valence-electron chi connectivity index (χ2n) is 3.18. The summed E-state index contributed by atoms with van der Waals surface area (Å²) in [7, 11) is 0. The smallest absolute Gasteiger partial charge is 0.0701 e. The Bertz CT molecular complexity index is 450. The predicted molar refractivity (Wildman–Crippen MR) is 74.7 cm³/mol. The van der Waals surface area contributed by atoms with Crippen LogP contribution in [-0.4, -0.2) is 0 Å². The van der Waals surface area contributed by atoms with Crippen LogP contribution < -0.4 is 5.73 Å². The van der Waals surface area contributed by atoms with Crippen molar-refractivity contribution in [2.75, 3.05) is 0 Å². The lowest BCUT2D eigenvalue weighted by atomic mass is 10.1. The van der Waals surface area contributed by atoms with Gasteiger partial charge in [0.25, 0.3) is 0 Å². The van der Waals surface area contributed by atoms with E-state index in [0.29, 0.717) is 0 Å². The van der Waals surface area contributed by atoms with Crippen LogP contribution in [-0.2, 0) is 6.42 Å². The molecule has 15 heavy (non-hydrogen) atoms. The number of halogens is 2. The fraction of sp³-hybridized carbons (Fsp3) is 0.200. The van der Waals surface area contributed by atoms with Crippen LogP contribution in [0, 0.1) is 0 Å². The van der Waals surface area contributed by atoms with Crippen molar-refractivity contribution in [3.8, 4) is 0 Å². The molecule has 2 heterocycles. The van der Waals surface area contributed by atoms with E-state index in [4.69, 9.17) is 5.73 Å². The van der Waals surface area contributed by atoms with Gasteiger partial charge in [-0.15, -0.1) is 22.7 Å². The van der Waals surface area contributed by atoms with E-state index in [9.17, 15) is 0 Å². The molecule has 0 aromatic carbocycles. The van der Waals surface area contributed by atoms with Gasteiger partial charge in [-0.25, -0.2) is 0 Å². The van der Waals surface area contributed by atoms with Gasteiger partial charge >= 0.3 is 0 Å². The molecule has 0 aliphatic rings. The third-order valence-electron chi connectivity index (χ3n) is 2.00. The van der Waals surface area contributed by atoms with Gasteiger partial charge < -0.3 is 5.73 Å². The van der Waals surface area contributed by atoms with E-state index in [1.807, 2.05) is 6.07 Å². The Morgan fingerprint density at radius 3 is 2.67 bits per heavy atom. The van der Waals surface area contributed by atoms with Crippen LogP contribution in [0.5, 0.6) is 0 Å². The standard InChI is InChI=1S/C10H9Br2NS2/c11-6-3-7(14-5-6)4-8(13)9-1-2-10(12)15-9/h1-3,5,8H,4,13H2. The van der Waals surface area contributed by atoms with Crippen LogP contribution >= 0.6 is 54.5 Å². The number of hydrogen-bond donors (Lipinski definition) is 1. The summed E-state index contributed by atoms with van der Waals surface area (Å²) >= 11 is 10.3. The molecule has 0 spiro atoms. The SMILES string of the molecule is NC(Cc1cc(Br)cs1)c1ccc(Br)s1. The molecular formula is C10H9Br2NS2. The first-order valence-electron chi connectivity index (χ1n) is 4.39. The summed E-state index contributed by atoms with van der Waals surface area (Å²) in [5.74, 6) is 0. The molecule has 80 valence electrons. The summed E-state index contributed by atoms with van der Waals surface area (Å²) in [6.07, 6.45) is 0.906. The summed E-state index contributed by atoms with van der Waals surface area (Å²) in [6.45, 7) is 0. The highest BCUT2D eigenvalue weighted by Crippen LogP contribution is 2.30. The van der Waals surface area contributed by atoms with E-state index in [1.165, 1.54) is 9.75 Å². The first kappa shape index (κ1) is 11.8. The Hall–Kier alpha value is 0.320. The molecule has 0 radical (unpaired) electrons.